The lowest BCUT2D eigenvalue weighted by atomic mass is 9.86. The molecule has 194 valence electrons. The molecule has 1 aromatic carbocycles. The van der Waals surface area contributed by atoms with E-state index in [0.717, 1.165) is 36.3 Å². The lowest BCUT2D eigenvalue weighted by molar-refractivity contribution is -0.134. The molecule has 3 rings (SSSR count). The number of rotatable bonds is 13. The van der Waals surface area contributed by atoms with E-state index >= 15 is 0 Å². The van der Waals surface area contributed by atoms with E-state index < -0.39 is 21.8 Å². The van der Waals surface area contributed by atoms with Gasteiger partial charge in [0.05, 0.1) is 17.1 Å². The fourth-order valence-corrected chi connectivity index (χ4v) is 6.36. The molecule has 0 radical (unpaired) electrons. The molecule has 0 spiro atoms. The molecule has 3 aromatic rings. The van der Waals surface area contributed by atoms with Gasteiger partial charge in [-0.05, 0) is 60.4 Å². The number of nitrogens with one attached hydrogen (secondary N) is 1. The molecule has 2 heterocycles. The molecular weight excluding hydrogens is 501 g/mol. The highest BCUT2D eigenvalue weighted by molar-refractivity contribution is 7.89. The summed E-state index contributed by atoms with van der Waals surface area (Å²) in [4.78, 5) is 17.3. The molecule has 2 N–H and O–H groups in total. The molecule has 0 amide bonds. The van der Waals surface area contributed by atoms with Crippen LogP contribution in [-0.4, -0.2) is 35.3 Å². The predicted molar refractivity (Wildman–Crippen MR) is 140 cm³/mol. The number of hydrogen-bond acceptors (Lipinski definition) is 6. The minimum Gasteiger partial charge on any atom is -0.480 e. The van der Waals surface area contributed by atoms with Crippen LogP contribution in [0.3, 0.4) is 0 Å². The van der Waals surface area contributed by atoms with Gasteiger partial charge in [-0.2, -0.15) is 4.31 Å². The van der Waals surface area contributed by atoms with Crippen molar-refractivity contribution in [3.63, 3.8) is 0 Å². The van der Waals surface area contributed by atoms with Crippen LogP contribution in [0.4, 0.5) is 10.2 Å². The molecule has 0 unspecified atom stereocenters. The van der Waals surface area contributed by atoms with Crippen LogP contribution in [0.1, 0.15) is 55.5 Å². The van der Waals surface area contributed by atoms with Crippen molar-refractivity contribution in [1.82, 2.24) is 9.29 Å². The number of sulfonamides is 1. The second-order valence-corrected chi connectivity index (χ2v) is 12.3. The molecule has 2 aromatic heterocycles. The van der Waals surface area contributed by atoms with Gasteiger partial charge in [0.1, 0.15) is 18.2 Å². The fourth-order valence-electron chi connectivity index (χ4n) is 3.74. The Morgan fingerprint density at radius 1 is 1.11 bits per heavy atom. The molecule has 10 heteroatoms. The van der Waals surface area contributed by atoms with Crippen molar-refractivity contribution in [2.24, 2.45) is 0 Å². The van der Waals surface area contributed by atoms with Gasteiger partial charge >= 0.3 is 5.97 Å². The summed E-state index contributed by atoms with van der Waals surface area (Å²) in [6.45, 7) is 6.35. The van der Waals surface area contributed by atoms with Crippen molar-refractivity contribution in [2.75, 3.05) is 11.9 Å². The van der Waals surface area contributed by atoms with Crippen LogP contribution in [0.15, 0.2) is 59.5 Å². The molecule has 0 saturated heterocycles. The first-order valence-electron chi connectivity index (χ1n) is 11.8. The van der Waals surface area contributed by atoms with E-state index in [2.05, 4.69) is 37.1 Å². The molecule has 7 nitrogen and oxygen atoms in total. The number of hydrogen-bond donors (Lipinski definition) is 2. The predicted octanol–water partition coefficient (Wildman–Crippen LogP) is 5.64. The van der Waals surface area contributed by atoms with Crippen molar-refractivity contribution < 1.29 is 22.7 Å². The first-order chi connectivity index (χ1) is 17.0. The molecule has 0 aliphatic heterocycles. The maximum Gasteiger partial charge on any atom is 0.322 e. The highest BCUT2D eigenvalue weighted by Crippen LogP contribution is 2.35. The molecule has 0 aliphatic carbocycles. The number of carboxylic acid groups (broad SMARTS) is 1. The molecule has 0 saturated carbocycles. The fraction of sp³-hybridized carbons (Fsp3) is 0.385. The Morgan fingerprint density at radius 3 is 2.50 bits per heavy atom. The average molecular weight is 534 g/mol. The highest BCUT2D eigenvalue weighted by atomic mass is 32.2. The van der Waals surface area contributed by atoms with Crippen LogP contribution in [0.5, 0.6) is 0 Å². The van der Waals surface area contributed by atoms with Gasteiger partial charge < -0.3 is 10.4 Å². The second kappa shape index (κ2) is 11.9. The number of thiophene rings is 1. The summed E-state index contributed by atoms with van der Waals surface area (Å²) < 4.78 is 42.0. The van der Waals surface area contributed by atoms with E-state index in [9.17, 15) is 17.6 Å². The number of carbonyl (C=O) groups is 1. The third-order valence-corrected chi connectivity index (χ3v) is 9.08. The smallest absolute Gasteiger partial charge is 0.322 e. The van der Waals surface area contributed by atoms with Crippen molar-refractivity contribution in [2.45, 2.75) is 63.4 Å². The maximum absolute atomic E-state index is 13.6. The summed E-state index contributed by atoms with van der Waals surface area (Å²) >= 11 is 1.59. The zero-order valence-corrected chi connectivity index (χ0v) is 22.3. The van der Waals surface area contributed by atoms with E-state index in [-0.39, 0.29) is 29.9 Å². The lowest BCUT2D eigenvalue weighted by Crippen LogP contribution is -2.30. The van der Waals surface area contributed by atoms with Crippen LogP contribution in [0.2, 0.25) is 0 Å². The Bertz CT molecular complexity index is 1270. The van der Waals surface area contributed by atoms with Crippen LogP contribution >= 0.6 is 11.3 Å². The first-order valence-corrected chi connectivity index (χ1v) is 14.0. The second-order valence-electron chi connectivity index (χ2n) is 9.24. The van der Waals surface area contributed by atoms with E-state index in [1.807, 2.05) is 6.07 Å². The van der Waals surface area contributed by atoms with Gasteiger partial charge in [0.15, 0.2) is 0 Å². The maximum atomic E-state index is 13.6. The monoisotopic (exact) mass is 533 g/mol. The van der Waals surface area contributed by atoms with Gasteiger partial charge in [-0.1, -0.05) is 39.7 Å². The standard InChI is InChI=1S/C26H32FN3O4S2/c1-4-5-15-26(2,3)23-14-11-21(35-23)18-30(36(33,34)22-12-9-19(27)10-13-22)17-20-7-6-8-24(29-20)28-16-25(31)32/h6-14H,4-5,15-18H2,1-3H3,(H,28,29)(H,31,32). The van der Waals surface area contributed by atoms with Crippen molar-refractivity contribution >= 4 is 33.1 Å². The van der Waals surface area contributed by atoms with Crippen LogP contribution in [0.25, 0.3) is 0 Å². The largest absolute Gasteiger partial charge is 0.480 e. The van der Waals surface area contributed by atoms with Gasteiger partial charge in [-0.25, -0.2) is 17.8 Å². The molecular formula is C26H32FN3O4S2. The third-order valence-electron chi connectivity index (χ3n) is 5.83. The number of aromatic nitrogens is 1. The minimum atomic E-state index is -3.97. The van der Waals surface area contributed by atoms with E-state index in [1.54, 1.807) is 29.5 Å². The topological polar surface area (TPSA) is 99.6 Å². The van der Waals surface area contributed by atoms with Crippen LogP contribution in [0, 0.1) is 5.82 Å². The van der Waals surface area contributed by atoms with Crippen molar-refractivity contribution in [3.8, 4) is 0 Å². The van der Waals surface area contributed by atoms with Gasteiger partial charge in [0, 0.05) is 16.3 Å². The van der Waals surface area contributed by atoms with Gasteiger partial charge in [0.25, 0.3) is 0 Å². The molecule has 0 bridgehead atoms. The number of benzene rings is 1. The van der Waals surface area contributed by atoms with E-state index in [1.165, 1.54) is 21.3 Å². The summed E-state index contributed by atoms with van der Waals surface area (Å²) in [5.41, 5.74) is 0.446. The normalized spacial score (nSPS) is 12.1. The zero-order valence-electron chi connectivity index (χ0n) is 20.7. The van der Waals surface area contributed by atoms with Crippen LogP contribution < -0.4 is 5.32 Å². The number of carboxylic acids is 1. The minimum absolute atomic E-state index is 0.00865. The summed E-state index contributed by atoms with van der Waals surface area (Å²) in [7, 11) is -3.97. The SMILES string of the molecule is CCCCC(C)(C)c1ccc(CN(Cc2cccc(NCC(=O)O)n2)S(=O)(=O)c2ccc(F)cc2)s1. The summed E-state index contributed by atoms with van der Waals surface area (Å²) in [6.07, 6.45) is 3.27. The molecule has 36 heavy (non-hydrogen) atoms. The number of anilines is 1. The highest BCUT2D eigenvalue weighted by Gasteiger charge is 2.28. The Kier molecular flexibility index (Phi) is 9.21. The number of aliphatic carboxylic acids is 1. The Balaban J connectivity index is 1.91. The molecule has 0 fully saturated rings. The molecule has 0 atom stereocenters. The van der Waals surface area contributed by atoms with E-state index in [4.69, 9.17) is 5.11 Å². The summed E-state index contributed by atoms with van der Waals surface area (Å²) in [5.74, 6) is -1.21. The third kappa shape index (κ3) is 7.35. The van der Waals surface area contributed by atoms with Gasteiger partial charge in [0.2, 0.25) is 10.0 Å². The summed E-state index contributed by atoms with van der Waals surface area (Å²) in [6, 6.07) is 13.8. The number of pyridine rings is 1. The van der Waals surface area contributed by atoms with Crippen molar-refractivity contribution in [3.05, 3.63) is 75.9 Å². The summed E-state index contributed by atoms with van der Waals surface area (Å²) in [5, 5.41) is 11.6. The first kappa shape index (κ1) is 27.8. The van der Waals surface area contributed by atoms with E-state index in [0.29, 0.717) is 11.5 Å². The van der Waals surface area contributed by atoms with Crippen LogP contribution in [-0.2, 0) is 33.3 Å². The lowest BCUT2D eigenvalue weighted by Gasteiger charge is -2.23. The number of nitrogens with zero attached hydrogens (tertiary/aromatic N) is 2. The Morgan fingerprint density at radius 2 is 1.83 bits per heavy atom. The number of unbranched alkanes of at least 4 members (excludes halogenated alkanes) is 1. The van der Waals surface area contributed by atoms with Gasteiger partial charge in [-0.3, -0.25) is 4.79 Å². The van der Waals surface area contributed by atoms with Crippen molar-refractivity contribution in [1.29, 1.82) is 0 Å². The molecule has 0 aliphatic rings. The zero-order chi connectivity index (χ0) is 26.3. The quantitative estimate of drug-likeness (QED) is 0.295. The Hall–Kier alpha value is -2.82. The average Bonchev–Trinajstić information content (AvgIpc) is 3.31. The number of halogens is 1. The van der Waals surface area contributed by atoms with Gasteiger partial charge in [-0.15, -0.1) is 11.3 Å². The Labute approximate surface area is 216 Å².